The van der Waals surface area contributed by atoms with Gasteiger partial charge in [0.1, 0.15) is 0 Å². The lowest BCUT2D eigenvalue weighted by Gasteiger charge is -2.23. The molecule has 1 aromatic rings. The summed E-state index contributed by atoms with van der Waals surface area (Å²) in [5.74, 6) is -1.63. The maximum Gasteiger partial charge on any atom is 0.317 e. The second-order valence-corrected chi connectivity index (χ2v) is 8.30. The first-order valence-corrected chi connectivity index (χ1v) is 9.17. The first-order valence-electron chi connectivity index (χ1n) is 7.73. The van der Waals surface area contributed by atoms with E-state index in [0.29, 0.717) is 0 Å². The predicted octanol–water partition coefficient (Wildman–Crippen LogP) is 1.36. The topological polar surface area (TPSA) is 107 Å². The van der Waals surface area contributed by atoms with Crippen molar-refractivity contribution >= 4 is 22.0 Å². The zero-order valence-corrected chi connectivity index (χ0v) is 15.9. The summed E-state index contributed by atoms with van der Waals surface area (Å²) in [6.07, 6.45) is 0. The Morgan fingerprint density at radius 1 is 1.12 bits per heavy atom. The molecule has 0 radical (unpaired) electrons. The average molecular weight is 371 g/mol. The fourth-order valence-electron chi connectivity index (χ4n) is 2.09. The Balaban J connectivity index is 2.76. The van der Waals surface area contributed by atoms with Crippen LogP contribution in [-0.4, -0.2) is 62.4 Å². The van der Waals surface area contributed by atoms with Gasteiger partial charge in [0.15, 0.2) is 0 Å². The minimum absolute atomic E-state index is 0.0912. The van der Waals surface area contributed by atoms with Crippen LogP contribution in [0.25, 0.3) is 0 Å². The van der Waals surface area contributed by atoms with Crippen LogP contribution in [0, 0.1) is 5.92 Å². The molecule has 2 atom stereocenters. The number of rotatable bonds is 7. The van der Waals surface area contributed by atoms with Gasteiger partial charge in [0, 0.05) is 27.7 Å². The minimum Gasteiger partial charge on any atom is -0.481 e. The van der Waals surface area contributed by atoms with Crippen LogP contribution in [0.15, 0.2) is 29.2 Å². The van der Waals surface area contributed by atoms with Crippen molar-refractivity contribution in [2.75, 3.05) is 27.7 Å². The molecular formula is C16H25N3O5S. The highest BCUT2D eigenvalue weighted by Gasteiger charge is 2.20. The summed E-state index contributed by atoms with van der Waals surface area (Å²) in [4.78, 5) is 24.4. The molecule has 0 saturated carbocycles. The van der Waals surface area contributed by atoms with Gasteiger partial charge in [0.2, 0.25) is 10.0 Å². The molecule has 8 nitrogen and oxygen atoms in total. The largest absolute Gasteiger partial charge is 0.481 e. The van der Waals surface area contributed by atoms with E-state index in [-0.39, 0.29) is 17.5 Å². The maximum absolute atomic E-state index is 12.1. The summed E-state index contributed by atoms with van der Waals surface area (Å²) < 4.78 is 25.2. The van der Waals surface area contributed by atoms with Crippen LogP contribution >= 0.6 is 0 Å². The molecule has 0 aromatic heterocycles. The summed E-state index contributed by atoms with van der Waals surface area (Å²) in [6, 6.07) is 5.51. The number of benzene rings is 1. The van der Waals surface area contributed by atoms with Gasteiger partial charge in [-0.15, -0.1) is 0 Å². The lowest BCUT2D eigenvalue weighted by molar-refractivity contribution is -0.141. The zero-order chi connectivity index (χ0) is 19.4. The number of carbonyl (C=O) groups excluding carboxylic acids is 1. The molecule has 1 rings (SSSR count). The van der Waals surface area contributed by atoms with Crippen LogP contribution in [0.4, 0.5) is 4.79 Å². The van der Waals surface area contributed by atoms with E-state index in [0.717, 1.165) is 9.87 Å². The van der Waals surface area contributed by atoms with E-state index in [1.165, 1.54) is 45.1 Å². The van der Waals surface area contributed by atoms with Gasteiger partial charge in [-0.1, -0.05) is 19.1 Å². The molecule has 0 saturated heterocycles. The molecule has 0 heterocycles. The monoisotopic (exact) mass is 371 g/mol. The molecule has 0 fully saturated rings. The van der Waals surface area contributed by atoms with Gasteiger partial charge < -0.3 is 15.3 Å². The Morgan fingerprint density at radius 3 is 2.08 bits per heavy atom. The summed E-state index contributed by atoms with van der Waals surface area (Å²) in [5.41, 5.74) is 0.741. The molecule has 0 aliphatic rings. The molecule has 25 heavy (non-hydrogen) atoms. The number of aliphatic carboxylic acids is 1. The van der Waals surface area contributed by atoms with Gasteiger partial charge in [-0.05, 0) is 24.6 Å². The standard InChI is InChI=1S/C16H25N3O5S/c1-11(15(20)21)10-19(5)16(22)17-12(2)13-6-8-14(9-7-13)25(23,24)18(3)4/h6-9,11-12H,10H2,1-5H3,(H,17,22)(H,20,21). The van der Waals surface area contributed by atoms with E-state index >= 15 is 0 Å². The van der Waals surface area contributed by atoms with Crippen molar-refractivity contribution in [2.45, 2.75) is 24.8 Å². The van der Waals surface area contributed by atoms with E-state index in [9.17, 15) is 18.0 Å². The Labute approximate surface area is 148 Å². The first-order chi connectivity index (χ1) is 11.5. The predicted molar refractivity (Wildman–Crippen MR) is 93.7 cm³/mol. The van der Waals surface area contributed by atoms with Gasteiger partial charge in [-0.25, -0.2) is 17.5 Å². The lowest BCUT2D eigenvalue weighted by Crippen LogP contribution is -2.41. The number of nitrogens with zero attached hydrogens (tertiary/aromatic N) is 2. The van der Waals surface area contributed by atoms with Crippen LogP contribution in [0.5, 0.6) is 0 Å². The zero-order valence-electron chi connectivity index (χ0n) is 15.1. The van der Waals surface area contributed by atoms with Gasteiger partial charge in [0.05, 0.1) is 16.9 Å². The molecule has 2 amide bonds. The summed E-state index contributed by atoms with van der Waals surface area (Å²) in [7, 11) is 0.943. The normalized spacial score (nSPS) is 14.0. The number of nitrogens with one attached hydrogen (secondary N) is 1. The molecular weight excluding hydrogens is 346 g/mol. The molecule has 0 aliphatic carbocycles. The summed E-state index contributed by atoms with van der Waals surface area (Å²) >= 11 is 0. The fraction of sp³-hybridized carbons (Fsp3) is 0.500. The molecule has 0 aliphatic heterocycles. The first kappa shape index (κ1) is 20.9. The van der Waals surface area contributed by atoms with E-state index in [2.05, 4.69) is 5.32 Å². The van der Waals surface area contributed by atoms with Crippen molar-refractivity contribution in [1.29, 1.82) is 0 Å². The van der Waals surface area contributed by atoms with Crippen molar-refractivity contribution in [3.8, 4) is 0 Å². The van der Waals surface area contributed by atoms with Crippen LogP contribution in [0.2, 0.25) is 0 Å². The van der Waals surface area contributed by atoms with Crippen molar-refractivity contribution in [1.82, 2.24) is 14.5 Å². The van der Waals surface area contributed by atoms with E-state index < -0.39 is 27.9 Å². The Morgan fingerprint density at radius 2 is 1.64 bits per heavy atom. The quantitative estimate of drug-likeness (QED) is 0.752. The van der Waals surface area contributed by atoms with Gasteiger partial charge >= 0.3 is 12.0 Å². The Bertz CT molecular complexity index is 716. The number of carbonyl (C=O) groups is 2. The summed E-state index contributed by atoms with van der Waals surface area (Å²) in [6.45, 7) is 3.38. The highest BCUT2D eigenvalue weighted by atomic mass is 32.2. The van der Waals surface area contributed by atoms with Crippen molar-refractivity contribution in [2.24, 2.45) is 5.92 Å². The number of urea groups is 1. The van der Waals surface area contributed by atoms with Crippen molar-refractivity contribution in [3.63, 3.8) is 0 Å². The number of carboxylic acids is 1. The van der Waals surface area contributed by atoms with E-state index in [1.54, 1.807) is 19.1 Å². The highest BCUT2D eigenvalue weighted by Crippen LogP contribution is 2.18. The van der Waals surface area contributed by atoms with Gasteiger partial charge in [-0.3, -0.25) is 4.79 Å². The third kappa shape index (κ3) is 5.43. The maximum atomic E-state index is 12.1. The van der Waals surface area contributed by atoms with Crippen molar-refractivity contribution in [3.05, 3.63) is 29.8 Å². The van der Waals surface area contributed by atoms with Gasteiger partial charge in [-0.2, -0.15) is 0 Å². The highest BCUT2D eigenvalue weighted by molar-refractivity contribution is 7.89. The number of amides is 2. The number of carboxylic acid groups (broad SMARTS) is 1. The Kier molecular flexibility index (Phi) is 6.95. The molecule has 2 N–H and O–H groups in total. The van der Waals surface area contributed by atoms with Crippen LogP contribution < -0.4 is 5.32 Å². The molecule has 0 spiro atoms. The third-order valence-electron chi connectivity index (χ3n) is 3.81. The van der Waals surface area contributed by atoms with Crippen LogP contribution in [-0.2, 0) is 14.8 Å². The molecule has 1 aromatic carbocycles. The summed E-state index contributed by atoms with van der Waals surface area (Å²) in [5, 5.41) is 11.6. The smallest absolute Gasteiger partial charge is 0.317 e. The van der Waals surface area contributed by atoms with E-state index in [4.69, 9.17) is 5.11 Å². The SMILES string of the molecule is CC(CN(C)C(=O)NC(C)c1ccc(S(=O)(=O)N(C)C)cc1)C(=O)O. The molecule has 2 unspecified atom stereocenters. The lowest BCUT2D eigenvalue weighted by atomic mass is 10.1. The average Bonchev–Trinajstić information content (AvgIpc) is 2.54. The van der Waals surface area contributed by atoms with E-state index in [1.807, 2.05) is 0 Å². The second kappa shape index (κ2) is 8.30. The molecule has 140 valence electrons. The minimum atomic E-state index is -3.50. The third-order valence-corrected chi connectivity index (χ3v) is 5.64. The number of hydrogen-bond donors (Lipinski definition) is 2. The van der Waals surface area contributed by atoms with Crippen LogP contribution in [0.1, 0.15) is 25.5 Å². The van der Waals surface area contributed by atoms with Gasteiger partial charge in [0.25, 0.3) is 0 Å². The number of sulfonamides is 1. The number of hydrogen-bond acceptors (Lipinski definition) is 4. The molecule has 0 bridgehead atoms. The Hall–Kier alpha value is -2.13. The fourth-order valence-corrected chi connectivity index (χ4v) is 2.99. The van der Waals surface area contributed by atoms with Crippen molar-refractivity contribution < 1.29 is 23.1 Å². The second-order valence-electron chi connectivity index (χ2n) is 6.15. The van der Waals surface area contributed by atoms with Crippen LogP contribution in [0.3, 0.4) is 0 Å². The molecule has 9 heteroatoms.